The molecule has 0 bridgehead atoms. The molecule has 0 radical (unpaired) electrons. The average Bonchev–Trinajstić information content (AvgIpc) is 2.87. The standard InChI is InChI=1S/C13H12ClF3N4O/c14-9-2-1-3-10(8-9)19-12(22)18-5-7-21-6-4-11(20-21)13(15,16)17/h1-4,6,8H,5,7H2,(H2,18,19,22). The Kier molecular flexibility index (Phi) is 4.92. The number of hydrogen-bond acceptors (Lipinski definition) is 2. The van der Waals surface area contributed by atoms with Gasteiger partial charge in [0, 0.05) is 23.5 Å². The Morgan fingerprint density at radius 2 is 2.09 bits per heavy atom. The summed E-state index contributed by atoms with van der Waals surface area (Å²) in [6, 6.07) is 6.98. The minimum atomic E-state index is -4.47. The van der Waals surface area contributed by atoms with Crippen LogP contribution in [0.2, 0.25) is 5.02 Å². The van der Waals surface area contributed by atoms with Crippen molar-refractivity contribution in [1.82, 2.24) is 15.1 Å². The average molecular weight is 333 g/mol. The fourth-order valence-corrected chi connectivity index (χ4v) is 1.85. The van der Waals surface area contributed by atoms with Crippen molar-refractivity contribution in [3.8, 4) is 0 Å². The summed E-state index contributed by atoms with van der Waals surface area (Å²) < 4.78 is 38.2. The smallest absolute Gasteiger partial charge is 0.336 e. The highest BCUT2D eigenvalue weighted by molar-refractivity contribution is 6.30. The van der Waals surface area contributed by atoms with Crippen LogP contribution in [0.5, 0.6) is 0 Å². The van der Waals surface area contributed by atoms with Gasteiger partial charge in [-0.15, -0.1) is 0 Å². The summed E-state index contributed by atoms with van der Waals surface area (Å²) >= 11 is 5.78. The molecule has 1 heterocycles. The Bertz CT molecular complexity index is 657. The summed E-state index contributed by atoms with van der Waals surface area (Å²) in [5.74, 6) is 0. The van der Waals surface area contributed by atoms with E-state index in [0.29, 0.717) is 10.7 Å². The van der Waals surface area contributed by atoms with E-state index in [1.165, 1.54) is 6.20 Å². The van der Waals surface area contributed by atoms with Crippen LogP contribution in [0.15, 0.2) is 36.5 Å². The highest BCUT2D eigenvalue weighted by Gasteiger charge is 2.33. The van der Waals surface area contributed by atoms with Gasteiger partial charge >= 0.3 is 12.2 Å². The lowest BCUT2D eigenvalue weighted by Crippen LogP contribution is -2.31. The third kappa shape index (κ3) is 4.66. The maximum absolute atomic E-state index is 12.4. The molecule has 0 aliphatic heterocycles. The number of rotatable bonds is 4. The molecule has 1 aromatic heterocycles. The number of hydrogen-bond donors (Lipinski definition) is 2. The molecule has 2 aromatic rings. The van der Waals surface area contributed by atoms with E-state index in [1.807, 2.05) is 0 Å². The zero-order valence-corrected chi connectivity index (χ0v) is 11.9. The van der Waals surface area contributed by atoms with Crippen LogP contribution in [0.1, 0.15) is 5.69 Å². The second-order valence-electron chi connectivity index (χ2n) is 4.35. The van der Waals surface area contributed by atoms with Gasteiger partial charge < -0.3 is 10.6 Å². The number of alkyl halides is 3. The number of carbonyl (C=O) groups is 1. The summed E-state index contributed by atoms with van der Waals surface area (Å²) in [6.07, 6.45) is -3.26. The van der Waals surface area contributed by atoms with E-state index in [2.05, 4.69) is 15.7 Å². The van der Waals surface area contributed by atoms with E-state index in [9.17, 15) is 18.0 Å². The first-order valence-corrected chi connectivity index (χ1v) is 6.63. The largest absolute Gasteiger partial charge is 0.435 e. The topological polar surface area (TPSA) is 59.0 Å². The zero-order valence-electron chi connectivity index (χ0n) is 11.2. The molecule has 2 amide bonds. The van der Waals surface area contributed by atoms with Crippen LogP contribution < -0.4 is 10.6 Å². The van der Waals surface area contributed by atoms with Crippen molar-refractivity contribution in [2.45, 2.75) is 12.7 Å². The number of nitrogens with zero attached hydrogens (tertiary/aromatic N) is 2. The van der Waals surface area contributed by atoms with Gasteiger partial charge in [-0.2, -0.15) is 18.3 Å². The van der Waals surface area contributed by atoms with Crippen molar-refractivity contribution >= 4 is 23.3 Å². The Morgan fingerprint density at radius 1 is 1.32 bits per heavy atom. The van der Waals surface area contributed by atoms with E-state index >= 15 is 0 Å². The van der Waals surface area contributed by atoms with Gasteiger partial charge in [0.15, 0.2) is 5.69 Å². The Hall–Kier alpha value is -2.22. The second-order valence-corrected chi connectivity index (χ2v) is 4.79. The van der Waals surface area contributed by atoms with E-state index in [1.54, 1.807) is 24.3 Å². The molecule has 22 heavy (non-hydrogen) atoms. The predicted molar refractivity (Wildman–Crippen MR) is 75.7 cm³/mol. The first-order valence-electron chi connectivity index (χ1n) is 6.26. The minimum absolute atomic E-state index is 0.124. The SMILES string of the molecule is O=C(NCCn1ccc(C(F)(F)F)n1)Nc1cccc(Cl)c1. The van der Waals surface area contributed by atoms with Crippen LogP contribution in [0.3, 0.4) is 0 Å². The number of nitrogens with one attached hydrogen (secondary N) is 2. The van der Waals surface area contributed by atoms with E-state index in [0.717, 1.165) is 10.7 Å². The van der Waals surface area contributed by atoms with Gasteiger partial charge in [-0.1, -0.05) is 17.7 Å². The number of halogens is 4. The number of amides is 2. The van der Waals surface area contributed by atoms with Crippen molar-refractivity contribution in [3.63, 3.8) is 0 Å². The Morgan fingerprint density at radius 3 is 2.73 bits per heavy atom. The third-order valence-corrected chi connectivity index (χ3v) is 2.88. The summed E-state index contributed by atoms with van der Waals surface area (Å²) in [7, 11) is 0. The fourth-order valence-electron chi connectivity index (χ4n) is 1.66. The third-order valence-electron chi connectivity index (χ3n) is 2.64. The maximum Gasteiger partial charge on any atom is 0.435 e. The molecular weight excluding hydrogens is 321 g/mol. The molecular formula is C13H12ClF3N4O. The molecule has 0 aliphatic carbocycles. The second kappa shape index (κ2) is 6.69. The van der Waals surface area contributed by atoms with Crippen molar-refractivity contribution in [1.29, 1.82) is 0 Å². The number of anilines is 1. The highest BCUT2D eigenvalue weighted by atomic mass is 35.5. The number of benzene rings is 1. The Labute approximate surface area is 129 Å². The number of urea groups is 1. The molecule has 0 fully saturated rings. The van der Waals surface area contributed by atoms with Crippen LogP contribution in [0.25, 0.3) is 0 Å². The molecule has 2 N–H and O–H groups in total. The van der Waals surface area contributed by atoms with E-state index in [-0.39, 0.29) is 13.1 Å². The zero-order chi connectivity index (χ0) is 16.2. The molecule has 0 saturated heterocycles. The van der Waals surface area contributed by atoms with Crippen LogP contribution in [0, 0.1) is 0 Å². The van der Waals surface area contributed by atoms with Crippen molar-refractivity contribution in [2.24, 2.45) is 0 Å². The number of aromatic nitrogens is 2. The maximum atomic E-state index is 12.4. The van der Waals surface area contributed by atoms with Gasteiger partial charge in [0.2, 0.25) is 0 Å². The number of carbonyl (C=O) groups excluding carboxylic acids is 1. The van der Waals surface area contributed by atoms with Gasteiger partial charge in [0.1, 0.15) is 0 Å². The quantitative estimate of drug-likeness (QED) is 0.901. The molecule has 0 spiro atoms. The molecule has 5 nitrogen and oxygen atoms in total. The lowest BCUT2D eigenvalue weighted by atomic mass is 10.3. The Balaban J connectivity index is 1.79. The molecule has 2 rings (SSSR count). The van der Waals surface area contributed by atoms with Crippen molar-refractivity contribution in [3.05, 3.63) is 47.2 Å². The predicted octanol–water partition coefficient (Wildman–Crippen LogP) is 3.38. The summed E-state index contributed by atoms with van der Waals surface area (Å²) in [6.45, 7) is 0.254. The van der Waals surface area contributed by atoms with Crippen LogP contribution in [0.4, 0.5) is 23.7 Å². The van der Waals surface area contributed by atoms with Gasteiger partial charge in [-0.3, -0.25) is 4.68 Å². The molecule has 0 atom stereocenters. The van der Waals surface area contributed by atoms with Crippen LogP contribution in [-0.2, 0) is 12.7 Å². The molecule has 0 saturated carbocycles. The molecule has 1 aromatic carbocycles. The highest BCUT2D eigenvalue weighted by Crippen LogP contribution is 2.27. The molecule has 118 valence electrons. The minimum Gasteiger partial charge on any atom is -0.336 e. The first-order chi connectivity index (χ1) is 10.3. The normalized spacial score (nSPS) is 11.3. The molecule has 9 heteroatoms. The van der Waals surface area contributed by atoms with Crippen LogP contribution >= 0.6 is 11.6 Å². The van der Waals surface area contributed by atoms with Gasteiger partial charge in [0.25, 0.3) is 0 Å². The van der Waals surface area contributed by atoms with E-state index in [4.69, 9.17) is 11.6 Å². The summed E-state index contributed by atoms with van der Waals surface area (Å²) in [5, 5.41) is 8.92. The van der Waals surface area contributed by atoms with E-state index < -0.39 is 17.9 Å². The first kappa shape index (κ1) is 16.2. The van der Waals surface area contributed by atoms with Crippen molar-refractivity contribution in [2.75, 3.05) is 11.9 Å². The summed E-state index contributed by atoms with van der Waals surface area (Å²) in [4.78, 5) is 11.6. The van der Waals surface area contributed by atoms with Gasteiger partial charge in [0.05, 0.1) is 6.54 Å². The molecule has 0 aliphatic rings. The van der Waals surface area contributed by atoms with Crippen LogP contribution in [-0.4, -0.2) is 22.4 Å². The van der Waals surface area contributed by atoms with Crippen molar-refractivity contribution < 1.29 is 18.0 Å². The van der Waals surface area contributed by atoms with Gasteiger partial charge in [-0.25, -0.2) is 4.79 Å². The molecule has 0 unspecified atom stereocenters. The fraction of sp³-hybridized carbons (Fsp3) is 0.231. The van der Waals surface area contributed by atoms with Gasteiger partial charge in [-0.05, 0) is 24.3 Å². The lowest BCUT2D eigenvalue weighted by molar-refractivity contribution is -0.141. The summed E-state index contributed by atoms with van der Waals surface area (Å²) in [5.41, 5.74) is -0.445. The monoisotopic (exact) mass is 332 g/mol. The lowest BCUT2D eigenvalue weighted by Gasteiger charge is -2.08.